The van der Waals surface area contributed by atoms with Crippen LogP contribution in [0, 0.1) is 5.82 Å². The summed E-state index contributed by atoms with van der Waals surface area (Å²) >= 11 is 0. The number of hydrogen-bond donors (Lipinski definition) is 4. The number of carbonyl (C=O) groups excluding carboxylic acids is 1. The van der Waals surface area contributed by atoms with E-state index in [0.29, 0.717) is 29.1 Å². The quantitative estimate of drug-likeness (QED) is 0.372. The highest BCUT2D eigenvalue weighted by molar-refractivity contribution is 5.92. The van der Waals surface area contributed by atoms with Gasteiger partial charge in [0.2, 0.25) is 17.8 Å². The number of nitrogens with zero attached hydrogens (tertiary/aromatic N) is 4. The molecule has 0 aliphatic carbocycles. The fraction of sp³-hybridized carbons (Fsp3) is 0.0500. The lowest BCUT2D eigenvalue weighted by Crippen LogP contribution is -2.14. The van der Waals surface area contributed by atoms with E-state index in [0.717, 1.165) is 5.69 Å². The van der Waals surface area contributed by atoms with Crippen LogP contribution in [0.15, 0.2) is 67.0 Å². The Balaban J connectivity index is 1.36. The van der Waals surface area contributed by atoms with Crippen molar-refractivity contribution in [2.45, 2.75) is 6.42 Å². The Hall–Kier alpha value is -4.34. The minimum Gasteiger partial charge on any atom is -0.326 e. The molecule has 0 spiro atoms. The van der Waals surface area contributed by atoms with E-state index >= 15 is 0 Å². The Bertz CT molecular complexity index is 1150. The summed E-state index contributed by atoms with van der Waals surface area (Å²) < 4.78 is 13.2. The van der Waals surface area contributed by atoms with Gasteiger partial charge in [-0.2, -0.15) is 10.1 Å². The number of carbonyl (C=O) groups is 1. The average Bonchev–Trinajstić information content (AvgIpc) is 3.15. The molecule has 0 saturated carbocycles. The molecule has 0 aliphatic heterocycles. The number of rotatable bonds is 7. The molecule has 0 bridgehead atoms. The van der Waals surface area contributed by atoms with Crippen molar-refractivity contribution in [1.82, 2.24) is 25.1 Å². The zero-order chi connectivity index (χ0) is 20.8. The van der Waals surface area contributed by atoms with Gasteiger partial charge in [-0.1, -0.05) is 24.3 Å². The third kappa shape index (κ3) is 5.13. The van der Waals surface area contributed by atoms with Gasteiger partial charge >= 0.3 is 0 Å². The van der Waals surface area contributed by atoms with Gasteiger partial charge in [0.25, 0.3) is 0 Å². The molecule has 30 heavy (non-hydrogen) atoms. The van der Waals surface area contributed by atoms with Crippen molar-refractivity contribution < 1.29 is 9.18 Å². The molecule has 9 nitrogen and oxygen atoms in total. The van der Waals surface area contributed by atoms with Gasteiger partial charge in [-0.3, -0.25) is 9.89 Å². The summed E-state index contributed by atoms with van der Waals surface area (Å²) in [5, 5.41) is 15.5. The maximum absolute atomic E-state index is 13.2. The lowest BCUT2D eigenvalue weighted by molar-refractivity contribution is -0.115. The number of para-hydroxylation sites is 1. The SMILES string of the molecule is O=C(Cc1cc(Nc2ncnc(Nc3ccccc3)n2)n[nH]1)Nc1cccc(F)c1. The fourth-order valence-corrected chi connectivity index (χ4v) is 2.64. The van der Waals surface area contributed by atoms with Crippen LogP contribution in [0.1, 0.15) is 5.69 Å². The van der Waals surface area contributed by atoms with Crippen LogP contribution in [-0.4, -0.2) is 31.1 Å². The van der Waals surface area contributed by atoms with Crippen molar-refractivity contribution in [1.29, 1.82) is 0 Å². The van der Waals surface area contributed by atoms with Gasteiger partial charge in [-0.15, -0.1) is 0 Å². The molecule has 0 fully saturated rings. The molecule has 4 N–H and O–H groups in total. The van der Waals surface area contributed by atoms with Crippen LogP contribution in [0.25, 0.3) is 0 Å². The molecule has 0 unspecified atom stereocenters. The number of benzene rings is 2. The minimum absolute atomic E-state index is 0.0448. The molecule has 2 aromatic carbocycles. The largest absolute Gasteiger partial charge is 0.326 e. The van der Waals surface area contributed by atoms with Crippen molar-refractivity contribution in [2.24, 2.45) is 0 Å². The van der Waals surface area contributed by atoms with Gasteiger partial charge in [0.15, 0.2) is 5.82 Å². The van der Waals surface area contributed by atoms with E-state index < -0.39 is 5.82 Å². The monoisotopic (exact) mass is 404 g/mol. The molecule has 2 heterocycles. The van der Waals surface area contributed by atoms with Gasteiger partial charge in [-0.25, -0.2) is 14.4 Å². The number of aromatic amines is 1. The number of H-pyrrole nitrogens is 1. The van der Waals surface area contributed by atoms with Crippen molar-refractivity contribution in [2.75, 3.05) is 16.0 Å². The standard InChI is InChI=1S/C20H17FN8O/c21-13-5-4-8-15(9-13)24-18(30)11-16-10-17(29-28-16)26-20-23-12-22-19(27-20)25-14-6-2-1-3-7-14/h1-10,12H,11H2,(H,24,30)(H3,22,23,25,26,27,28,29). The summed E-state index contributed by atoms with van der Waals surface area (Å²) in [7, 11) is 0. The summed E-state index contributed by atoms with van der Waals surface area (Å²) in [5.74, 6) is 0.402. The number of hydrogen-bond acceptors (Lipinski definition) is 7. The van der Waals surface area contributed by atoms with Crippen LogP contribution in [0.2, 0.25) is 0 Å². The van der Waals surface area contributed by atoms with Crippen LogP contribution in [0.3, 0.4) is 0 Å². The predicted molar refractivity (Wildman–Crippen MR) is 110 cm³/mol. The van der Waals surface area contributed by atoms with Crippen molar-refractivity contribution in [3.8, 4) is 0 Å². The molecular formula is C20H17FN8O. The second-order valence-electron chi connectivity index (χ2n) is 6.26. The van der Waals surface area contributed by atoms with Crippen LogP contribution in [-0.2, 0) is 11.2 Å². The molecule has 4 rings (SSSR count). The second-order valence-corrected chi connectivity index (χ2v) is 6.26. The van der Waals surface area contributed by atoms with Crippen molar-refractivity contribution in [3.63, 3.8) is 0 Å². The van der Waals surface area contributed by atoms with E-state index in [4.69, 9.17) is 0 Å². The van der Waals surface area contributed by atoms with E-state index in [1.165, 1.54) is 24.5 Å². The molecule has 0 radical (unpaired) electrons. The predicted octanol–water partition coefficient (Wildman–Crippen LogP) is 3.40. The Morgan fingerprint density at radius 2 is 1.70 bits per heavy atom. The first-order chi connectivity index (χ1) is 14.6. The first-order valence-electron chi connectivity index (χ1n) is 9.02. The van der Waals surface area contributed by atoms with Gasteiger partial charge in [-0.05, 0) is 30.3 Å². The van der Waals surface area contributed by atoms with E-state index in [2.05, 4.69) is 41.1 Å². The van der Waals surface area contributed by atoms with Crippen LogP contribution in [0.5, 0.6) is 0 Å². The van der Waals surface area contributed by atoms with E-state index in [9.17, 15) is 9.18 Å². The summed E-state index contributed by atoms with van der Waals surface area (Å²) in [6, 6.07) is 16.9. The molecule has 4 aromatic rings. The third-order valence-corrected chi connectivity index (χ3v) is 3.93. The molecule has 10 heteroatoms. The highest BCUT2D eigenvalue weighted by Gasteiger charge is 2.09. The number of halogens is 1. The number of amides is 1. The maximum atomic E-state index is 13.2. The molecular weight excluding hydrogens is 387 g/mol. The average molecular weight is 404 g/mol. The van der Waals surface area contributed by atoms with Gasteiger partial charge < -0.3 is 16.0 Å². The van der Waals surface area contributed by atoms with Gasteiger partial charge in [0.05, 0.1) is 6.42 Å². The zero-order valence-electron chi connectivity index (χ0n) is 15.6. The third-order valence-electron chi connectivity index (χ3n) is 3.93. The smallest absolute Gasteiger partial charge is 0.233 e. The van der Waals surface area contributed by atoms with Crippen molar-refractivity contribution in [3.05, 3.63) is 78.5 Å². The highest BCUT2D eigenvalue weighted by atomic mass is 19.1. The van der Waals surface area contributed by atoms with Crippen LogP contribution >= 0.6 is 0 Å². The summed E-state index contributed by atoms with van der Waals surface area (Å²) in [5.41, 5.74) is 1.81. The van der Waals surface area contributed by atoms with Gasteiger partial charge in [0, 0.05) is 23.1 Å². The topological polar surface area (TPSA) is 121 Å². The Morgan fingerprint density at radius 1 is 0.933 bits per heavy atom. The first-order valence-corrected chi connectivity index (χ1v) is 9.02. The molecule has 0 atom stereocenters. The molecule has 1 amide bonds. The lowest BCUT2D eigenvalue weighted by Gasteiger charge is -2.05. The summed E-state index contributed by atoms with van der Waals surface area (Å²) in [6.07, 6.45) is 1.42. The highest BCUT2D eigenvalue weighted by Crippen LogP contribution is 2.16. The van der Waals surface area contributed by atoms with E-state index in [-0.39, 0.29) is 12.3 Å². The molecule has 2 aromatic heterocycles. The lowest BCUT2D eigenvalue weighted by atomic mass is 10.2. The minimum atomic E-state index is -0.417. The van der Waals surface area contributed by atoms with Crippen LogP contribution in [0.4, 0.5) is 33.5 Å². The Morgan fingerprint density at radius 3 is 2.50 bits per heavy atom. The summed E-state index contributed by atoms with van der Waals surface area (Å²) in [6.45, 7) is 0. The van der Waals surface area contributed by atoms with Gasteiger partial charge in [0.1, 0.15) is 12.1 Å². The Kier molecular flexibility index (Phi) is 5.56. The second kappa shape index (κ2) is 8.78. The summed E-state index contributed by atoms with van der Waals surface area (Å²) in [4.78, 5) is 24.6. The fourth-order valence-electron chi connectivity index (χ4n) is 2.64. The maximum Gasteiger partial charge on any atom is 0.233 e. The molecule has 150 valence electrons. The zero-order valence-corrected chi connectivity index (χ0v) is 15.6. The number of aromatic nitrogens is 5. The van der Waals surface area contributed by atoms with Crippen LogP contribution < -0.4 is 16.0 Å². The van der Waals surface area contributed by atoms with E-state index in [1.807, 2.05) is 30.3 Å². The van der Waals surface area contributed by atoms with Crippen molar-refractivity contribution >= 4 is 35.0 Å². The Labute approximate surface area is 170 Å². The normalized spacial score (nSPS) is 10.4. The molecule has 0 aliphatic rings. The number of anilines is 5. The van der Waals surface area contributed by atoms with E-state index in [1.54, 1.807) is 12.1 Å². The first kappa shape index (κ1) is 19.0. The number of nitrogens with one attached hydrogen (secondary N) is 4. The molecule has 0 saturated heterocycles.